The molecule has 0 spiro atoms. The zero-order valence-corrected chi connectivity index (χ0v) is 18.6. The molecule has 0 aromatic carbocycles. The van der Waals surface area contributed by atoms with Crippen LogP contribution in [-0.4, -0.2) is 102 Å². The van der Waals surface area contributed by atoms with Crippen molar-refractivity contribution in [2.45, 2.75) is 25.7 Å². The molecule has 0 amide bonds. The lowest BCUT2D eigenvalue weighted by atomic mass is 10.2. The Hall–Kier alpha value is -2.05. The minimum atomic E-state index is -0.865. The highest BCUT2D eigenvalue weighted by Crippen LogP contribution is 2.01. The first-order chi connectivity index (χ1) is 15.6. The predicted molar refractivity (Wildman–Crippen MR) is 112 cm³/mol. The minimum absolute atomic E-state index is 0.0594. The van der Waals surface area contributed by atoms with Crippen LogP contribution in [-0.2, 0) is 47.5 Å². The predicted octanol–water partition coefficient (Wildman–Crippen LogP) is 0.987. The van der Waals surface area contributed by atoms with Crippen molar-refractivity contribution in [3.05, 3.63) is 12.7 Å². The largest absolute Gasteiger partial charge is 0.481 e. The zero-order valence-electron chi connectivity index (χ0n) is 18.6. The van der Waals surface area contributed by atoms with Gasteiger partial charge in [0, 0.05) is 18.9 Å². The summed E-state index contributed by atoms with van der Waals surface area (Å²) in [5.41, 5.74) is 0. The highest BCUT2D eigenvalue weighted by atomic mass is 16.6. The van der Waals surface area contributed by atoms with E-state index in [1.54, 1.807) is 0 Å². The standard InChI is InChI=1S/C21H36O11/c1-2-20(24)31-17-15-29-13-11-27-9-7-26-8-10-28-12-14-30-16-18-32-21(25)6-4-3-5-19(22)23/h2H,1,3-18H2,(H,22,23). The summed E-state index contributed by atoms with van der Waals surface area (Å²) in [5.74, 6) is -1.69. The second-order valence-corrected chi connectivity index (χ2v) is 6.25. The van der Waals surface area contributed by atoms with E-state index in [9.17, 15) is 14.4 Å². The first-order valence-electron chi connectivity index (χ1n) is 10.6. The van der Waals surface area contributed by atoms with Gasteiger partial charge in [0.25, 0.3) is 0 Å². The molecule has 0 atom stereocenters. The number of carbonyl (C=O) groups excluding carboxylic acids is 2. The number of esters is 2. The van der Waals surface area contributed by atoms with Gasteiger partial charge in [-0.2, -0.15) is 0 Å². The van der Waals surface area contributed by atoms with Crippen LogP contribution in [0.25, 0.3) is 0 Å². The van der Waals surface area contributed by atoms with Gasteiger partial charge in [-0.05, 0) is 12.8 Å². The molecule has 186 valence electrons. The van der Waals surface area contributed by atoms with Crippen molar-refractivity contribution in [3.63, 3.8) is 0 Å². The average Bonchev–Trinajstić information content (AvgIpc) is 2.77. The van der Waals surface area contributed by atoms with E-state index in [0.717, 1.165) is 6.08 Å². The van der Waals surface area contributed by atoms with E-state index in [-0.39, 0.29) is 38.6 Å². The molecule has 1 N–H and O–H groups in total. The van der Waals surface area contributed by atoms with Crippen LogP contribution in [0.1, 0.15) is 25.7 Å². The molecule has 0 aliphatic heterocycles. The molecule has 0 aliphatic carbocycles. The lowest BCUT2D eigenvalue weighted by Crippen LogP contribution is -2.15. The molecule has 0 aromatic rings. The van der Waals surface area contributed by atoms with E-state index >= 15 is 0 Å². The van der Waals surface area contributed by atoms with E-state index in [4.69, 9.17) is 38.3 Å². The van der Waals surface area contributed by atoms with Gasteiger partial charge in [0.1, 0.15) is 13.2 Å². The van der Waals surface area contributed by atoms with Crippen molar-refractivity contribution in [2.75, 3.05) is 79.3 Å². The smallest absolute Gasteiger partial charge is 0.330 e. The fraction of sp³-hybridized carbons (Fsp3) is 0.762. The third kappa shape index (κ3) is 24.2. The molecular formula is C21H36O11. The van der Waals surface area contributed by atoms with Gasteiger partial charge in [0.2, 0.25) is 0 Å². The normalized spacial score (nSPS) is 10.6. The molecule has 0 unspecified atom stereocenters. The monoisotopic (exact) mass is 464 g/mol. The van der Waals surface area contributed by atoms with E-state index < -0.39 is 11.9 Å². The topological polar surface area (TPSA) is 136 Å². The summed E-state index contributed by atoms with van der Waals surface area (Å²) in [4.78, 5) is 32.5. The molecular weight excluding hydrogens is 428 g/mol. The lowest BCUT2D eigenvalue weighted by molar-refractivity contribution is -0.146. The number of hydrogen-bond acceptors (Lipinski definition) is 10. The van der Waals surface area contributed by atoms with Crippen LogP contribution in [0, 0.1) is 0 Å². The maximum atomic E-state index is 11.4. The number of rotatable bonds is 24. The highest BCUT2D eigenvalue weighted by molar-refractivity contribution is 5.81. The van der Waals surface area contributed by atoms with E-state index in [2.05, 4.69) is 6.58 Å². The molecule has 11 heteroatoms. The number of ether oxygens (including phenoxy) is 7. The number of carbonyl (C=O) groups is 3. The molecule has 0 aliphatic rings. The second-order valence-electron chi connectivity index (χ2n) is 6.25. The van der Waals surface area contributed by atoms with Gasteiger partial charge in [-0.1, -0.05) is 6.58 Å². The maximum absolute atomic E-state index is 11.4. The molecule has 32 heavy (non-hydrogen) atoms. The average molecular weight is 465 g/mol. The van der Waals surface area contributed by atoms with Crippen LogP contribution in [0.5, 0.6) is 0 Å². The van der Waals surface area contributed by atoms with Crippen LogP contribution in [0.2, 0.25) is 0 Å². The van der Waals surface area contributed by atoms with Gasteiger partial charge in [0.15, 0.2) is 0 Å². The van der Waals surface area contributed by atoms with Gasteiger partial charge in [0.05, 0.1) is 66.1 Å². The van der Waals surface area contributed by atoms with Crippen molar-refractivity contribution in [3.8, 4) is 0 Å². The lowest BCUT2D eigenvalue weighted by Gasteiger charge is -2.08. The first-order valence-corrected chi connectivity index (χ1v) is 10.6. The number of carboxylic acids is 1. The van der Waals surface area contributed by atoms with E-state index in [0.29, 0.717) is 72.3 Å². The Morgan fingerprint density at radius 3 is 1.38 bits per heavy atom. The van der Waals surface area contributed by atoms with Crippen molar-refractivity contribution in [1.82, 2.24) is 0 Å². The van der Waals surface area contributed by atoms with Gasteiger partial charge >= 0.3 is 17.9 Å². The summed E-state index contributed by atoms with van der Waals surface area (Å²) in [5, 5.41) is 8.50. The molecule has 0 aromatic heterocycles. The molecule has 0 heterocycles. The SMILES string of the molecule is C=CC(=O)OCCOCCOCCOCCOCCOCCOC(=O)CCCCC(=O)O. The molecule has 0 saturated carbocycles. The third-order valence-corrected chi connectivity index (χ3v) is 3.64. The summed E-state index contributed by atoms with van der Waals surface area (Å²) in [6.07, 6.45) is 2.33. The van der Waals surface area contributed by atoms with Crippen molar-refractivity contribution in [1.29, 1.82) is 0 Å². The Morgan fingerprint density at radius 1 is 0.594 bits per heavy atom. The summed E-state index contributed by atoms with van der Waals surface area (Å²) < 4.78 is 36.3. The summed E-state index contributed by atoms with van der Waals surface area (Å²) in [6, 6.07) is 0. The van der Waals surface area contributed by atoms with E-state index in [1.807, 2.05) is 0 Å². The van der Waals surface area contributed by atoms with Gasteiger partial charge in [-0.25, -0.2) is 4.79 Å². The van der Waals surface area contributed by atoms with Gasteiger partial charge in [-0.3, -0.25) is 9.59 Å². The van der Waals surface area contributed by atoms with Crippen LogP contribution in [0.3, 0.4) is 0 Å². The Bertz CT molecular complexity index is 496. The first kappa shape index (κ1) is 29.9. The molecule has 0 radical (unpaired) electrons. The maximum Gasteiger partial charge on any atom is 0.330 e. The van der Waals surface area contributed by atoms with Crippen molar-refractivity contribution < 1.29 is 52.6 Å². The van der Waals surface area contributed by atoms with Crippen LogP contribution in [0.15, 0.2) is 12.7 Å². The van der Waals surface area contributed by atoms with Crippen LogP contribution >= 0.6 is 0 Å². The van der Waals surface area contributed by atoms with Gasteiger partial charge in [-0.15, -0.1) is 0 Å². The molecule has 0 rings (SSSR count). The summed E-state index contributed by atoms with van der Waals surface area (Å²) in [6.45, 7) is 7.59. The van der Waals surface area contributed by atoms with Crippen LogP contribution < -0.4 is 0 Å². The highest BCUT2D eigenvalue weighted by Gasteiger charge is 2.04. The van der Waals surface area contributed by atoms with Crippen molar-refractivity contribution >= 4 is 17.9 Å². The van der Waals surface area contributed by atoms with Gasteiger partial charge < -0.3 is 38.3 Å². The summed E-state index contributed by atoms with van der Waals surface area (Å²) >= 11 is 0. The third-order valence-electron chi connectivity index (χ3n) is 3.64. The second kappa shape index (κ2) is 23.6. The van der Waals surface area contributed by atoms with Crippen LogP contribution in [0.4, 0.5) is 0 Å². The molecule has 0 fully saturated rings. The Kier molecular flexibility index (Phi) is 22.1. The summed E-state index contributed by atoms with van der Waals surface area (Å²) in [7, 11) is 0. The fourth-order valence-electron chi connectivity index (χ4n) is 2.07. The number of unbranched alkanes of at least 4 members (excludes halogenated alkanes) is 1. The minimum Gasteiger partial charge on any atom is -0.481 e. The number of hydrogen-bond donors (Lipinski definition) is 1. The Labute approximate surface area is 188 Å². The fourth-order valence-corrected chi connectivity index (χ4v) is 2.07. The number of carboxylic acid groups (broad SMARTS) is 1. The number of aliphatic carboxylic acids is 1. The zero-order chi connectivity index (χ0) is 23.7. The molecule has 11 nitrogen and oxygen atoms in total. The quantitative estimate of drug-likeness (QED) is 0.124. The van der Waals surface area contributed by atoms with E-state index in [1.165, 1.54) is 0 Å². The Morgan fingerprint density at radius 2 is 0.969 bits per heavy atom. The molecule has 0 bridgehead atoms. The molecule has 0 saturated heterocycles. The van der Waals surface area contributed by atoms with Crippen molar-refractivity contribution in [2.24, 2.45) is 0 Å². The Balaban J connectivity index is 3.14.